The molecule has 1 aliphatic rings. The van der Waals surface area contributed by atoms with E-state index in [9.17, 15) is 9.59 Å². The molecule has 2 rings (SSSR count). The lowest BCUT2D eigenvalue weighted by Crippen LogP contribution is -2.19. The van der Waals surface area contributed by atoms with Gasteiger partial charge in [0.2, 0.25) is 5.91 Å². The van der Waals surface area contributed by atoms with Gasteiger partial charge in [-0.2, -0.15) is 0 Å². The van der Waals surface area contributed by atoms with Crippen molar-refractivity contribution in [2.45, 2.75) is 51.9 Å². The molecule has 6 heteroatoms. The Hall–Kier alpha value is -1.07. The predicted molar refractivity (Wildman–Crippen MR) is 91.8 cm³/mol. The van der Waals surface area contributed by atoms with Crippen LogP contribution in [0.1, 0.15) is 59.8 Å². The van der Waals surface area contributed by atoms with Crippen LogP contribution in [0, 0.1) is 5.92 Å². The van der Waals surface area contributed by atoms with Gasteiger partial charge < -0.3 is 11.1 Å². The zero-order chi connectivity index (χ0) is 16.1. The molecular formula is C16H23ClN2O2S. The van der Waals surface area contributed by atoms with Gasteiger partial charge in [0.1, 0.15) is 5.00 Å². The molecule has 122 valence electrons. The Balaban J connectivity index is 2.20. The highest BCUT2D eigenvalue weighted by molar-refractivity contribution is 7.17. The fourth-order valence-corrected chi connectivity index (χ4v) is 4.59. The highest BCUT2D eigenvalue weighted by atomic mass is 35.5. The smallest absolute Gasteiger partial charge is 0.251 e. The number of hydrogen-bond donors (Lipinski definition) is 2. The van der Waals surface area contributed by atoms with Crippen molar-refractivity contribution < 1.29 is 9.59 Å². The van der Waals surface area contributed by atoms with Crippen LogP contribution in [0.5, 0.6) is 0 Å². The summed E-state index contributed by atoms with van der Waals surface area (Å²) in [5.41, 5.74) is 7.12. The topological polar surface area (TPSA) is 72.2 Å². The second-order valence-electron chi connectivity index (χ2n) is 5.81. The van der Waals surface area contributed by atoms with Crippen LogP contribution in [-0.4, -0.2) is 17.7 Å². The number of alkyl halides is 1. The van der Waals surface area contributed by atoms with E-state index in [4.69, 9.17) is 17.3 Å². The number of primary amides is 1. The van der Waals surface area contributed by atoms with Gasteiger partial charge in [-0.3, -0.25) is 9.59 Å². The van der Waals surface area contributed by atoms with Crippen LogP contribution in [0.25, 0.3) is 0 Å². The lowest BCUT2D eigenvalue weighted by Gasteiger charge is -2.21. The first-order valence-electron chi connectivity index (χ1n) is 7.86. The number of thiophene rings is 1. The van der Waals surface area contributed by atoms with E-state index in [1.54, 1.807) is 0 Å². The normalized spacial score (nSPS) is 17.1. The first-order valence-corrected chi connectivity index (χ1v) is 9.22. The van der Waals surface area contributed by atoms with Crippen molar-refractivity contribution >= 4 is 39.8 Å². The molecule has 3 N–H and O–H groups in total. The third-order valence-electron chi connectivity index (χ3n) is 4.10. The number of rotatable bonds is 7. The largest absolute Gasteiger partial charge is 0.365 e. The predicted octanol–water partition coefficient (Wildman–Crippen LogP) is 3.71. The van der Waals surface area contributed by atoms with E-state index in [0.29, 0.717) is 35.2 Å². The zero-order valence-corrected chi connectivity index (χ0v) is 14.5. The van der Waals surface area contributed by atoms with E-state index < -0.39 is 5.91 Å². The van der Waals surface area contributed by atoms with Crippen LogP contribution in [0.3, 0.4) is 0 Å². The van der Waals surface area contributed by atoms with Crippen molar-refractivity contribution in [1.29, 1.82) is 0 Å². The molecule has 0 aromatic carbocycles. The molecule has 4 nitrogen and oxygen atoms in total. The van der Waals surface area contributed by atoms with Gasteiger partial charge in [-0.25, -0.2) is 0 Å². The molecular weight excluding hydrogens is 320 g/mol. The number of fused-ring (bicyclic) bond motifs is 1. The van der Waals surface area contributed by atoms with Gasteiger partial charge in [0.25, 0.3) is 5.91 Å². The fourth-order valence-electron chi connectivity index (χ4n) is 3.07. The minimum atomic E-state index is -0.445. The van der Waals surface area contributed by atoms with Crippen molar-refractivity contribution in [2.24, 2.45) is 11.7 Å². The number of carbonyl (C=O) groups is 2. The van der Waals surface area contributed by atoms with Crippen LogP contribution >= 0.6 is 22.9 Å². The van der Waals surface area contributed by atoms with Crippen LogP contribution in [0.4, 0.5) is 5.00 Å². The van der Waals surface area contributed by atoms with Gasteiger partial charge in [-0.05, 0) is 37.2 Å². The minimum Gasteiger partial charge on any atom is -0.365 e. The van der Waals surface area contributed by atoms with Crippen molar-refractivity contribution in [2.75, 3.05) is 11.2 Å². The summed E-state index contributed by atoms with van der Waals surface area (Å²) >= 11 is 7.12. The first-order chi connectivity index (χ1) is 10.6. The Morgan fingerprint density at radius 1 is 1.45 bits per heavy atom. The number of carbonyl (C=O) groups excluding carboxylic acids is 2. The molecule has 0 radical (unpaired) electrons. The van der Waals surface area contributed by atoms with Crippen molar-refractivity contribution in [1.82, 2.24) is 0 Å². The molecule has 0 saturated heterocycles. The molecule has 1 aromatic rings. The molecule has 1 heterocycles. The average molecular weight is 343 g/mol. The van der Waals surface area contributed by atoms with Crippen LogP contribution in [0.15, 0.2) is 0 Å². The van der Waals surface area contributed by atoms with E-state index in [0.717, 1.165) is 24.8 Å². The van der Waals surface area contributed by atoms with E-state index in [1.165, 1.54) is 29.1 Å². The Bertz CT molecular complexity index is 557. The quantitative estimate of drug-likeness (QED) is 0.741. The molecule has 1 aromatic heterocycles. The summed E-state index contributed by atoms with van der Waals surface area (Å²) in [5.74, 6) is 0.582. The Kier molecular flexibility index (Phi) is 6.26. The van der Waals surface area contributed by atoms with E-state index in [-0.39, 0.29) is 5.91 Å². The van der Waals surface area contributed by atoms with Gasteiger partial charge in [-0.15, -0.1) is 22.9 Å². The molecule has 0 saturated carbocycles. The number of nitrogens with one attached hydrogen (secondary N) is 1. The molecule has 0 bridgehead atoms. The maximum Gasteiger partial charge on any atom is 0.251 e. The van der Waals surface area contributed by atoms with E-state index >= 15 is 0 Å². The van der Waals surface area contributed by atoms with Crippen molar-refractivity contribution in [3.8, 4) is 0 Å². The van der Waals surface area contributed by atoms with Gasteiger partial charge >= 0.3 is 0 Å². The molecule has 1 atom stereocenters. The third-order valence-corrected chi connectivity index (χ3v) is 5.54. The summed E-state index contributed by atoms with van der Waals surface area (Å²) in [4.78, 5) is 24.9. The van der Waals surface area contributed by atoms with E-state index in [2.05, 4.69) is 12.2 Å². The van der Waals surface area contributed by atoms with Gasteiger partial charge in [-0.1, -0.05) is 19.8 Å². The second-order valence-corrected chi connectivity index (χ2v) is 7.29. The highest BCUT2D eigenvalue weighted by Crippen LogP contribution is 2.40. The first kappa shape index (κ1) is 17.3. The minimum absolute atomic E-state index is 0.105. The fraction of sp³-hybridized carbons (Fsp3) is 0.625. The van der Waals surface area contributed by atoms with Crippen molar-refractivity contribution in [3.05, 3.63) is 16.0 Å². The Morgan fingerprint density at radius 3 is 2.86 bits per heavy atom. The lowest BCUT2D eigenvalue weighted by molar-refractivity contribution is -0.116. The molecule has 1 aliphatic carbocycles. The standard InChI is InChI=1S/C16H23ClN2O2S/c1-2-4-10-6-7-11-12(9-10)22-16(14(11)15(18)21)19-13(20)5-3-8-17/h10H,2-9H2,1H3,(H2,18,21)(H,19,20). The van der Waals surface area contributed by atoms with Crippen molar-refractivity contribution in [3.63, 3.8) is 0 Å². The van der Waals surface area contributed by atoms with Gasteiger partial charge in [0.05, 0.1) is 5.56 Å². The molecule has 2 amide bonds. The number of anilines is 1. The summed E-state index contributed by atoms with van der Waals surface area (Å²) in [6.45, 7) is 2.20. The van der Waals surface area contributed by atoms with Crippen LogP contribution < -0.4 is 11.1 Å². The van der Waals surface area contributed by atoms with Gasteiger partial charge in [0.15, 0.2) is 0 Å². The molecule has 1 unspecified atom stereocenters. The molecule has 0 fully saturated rings. The molecule has 0 aliphatic heterocycles. The lowest BCUT2D eigenvalue weighted by atomic mass is 9.84. The summed E-state index contributed by atoms with van der Waals surface area (Å²) < 4.78 is 0. The zero-order valence-electron chi connectivity index (χ0n) is 12.9. The summed E-state index contributed by atoms with van der Waals surface area (Å²) in [5, 5.41) is 3.47. The Labute approximate surface area is 140 Å². The number of nitrogens with two attached hydrogens (primary N) is 1. The summed E-state index contributed by atoms with van der Waals surface area (Å²) in [7, 11) is 0. The van der Waals surface area contributed by atoms with Crippen LogP contribution in [-0.2, 0) is 17.6 Å². The van der Waals surface area contributed by atoms with E-state index in [1.807, 2.05) is 0 Å². The highest BCUT2D eigenvalue weighted by Gasteiger charge is 2.28. The number of halogens is 1. The molecule has 0 spiro atoms. The maximum atomic E-state index is 11.9. The maximum absolute atomic E-state index is 11.9. The van der Waals surface area contributed by atoms with Crippen LogP contribution in [0.2, 0.25) is 0 Å². The SMILES string of the molecule is CCCC1CCc2c(sc(NC(=O)CCCCl)c2C(N)=O)C1. The third kappa shape index (κ3) is 4.02. The molecule has 22 heavy (non-hydrogen) atoms. The average Bonchev–Trinajstić information content (AvgIpc) is 2.82. The Morgan fingerprint density at radius 2 is 2.23 bits per heavy atom. The second kappa shape index (κ2) is 7.97. The summed E-state index contributed by atoms with van der Waals surface area (Å²) in [6, 6.07) is 0. The number of hydrogen-bond acceptors (Lipinski definition) is 3. The monoisotopic (exact) mass is 342 g/mol. The summed E-state index contributed by atoms with van der Waals surface area (Å²) in [6.07, 6.45) is 6.35. The van der Waals surface area contributed by atoms with Gasteiger partial charge in [0, 0.05) is 17.2 Å². The number of amides is 2.